The van der Waals surface area contributed by atoms with Gasteiger partial charge in [-0.15, -0.1) is 0 Å². The largest absolute Gasteiger partial charge is 0.392 e. The van der Waals surface area contributed by atoms with Crippen molar-refractivity contribution in [2.24, 2.45) is 5.92 Å². The lowest BCUT2D eigenvalue weighted by atomic mass is 10.0. The zero-order chi connectivity index (χ0) is 16.7. The average Bonchev–Trinajstić information content (AvgIpc) is 2.48. The predicted molar refractivity (Wildman–Crippen MR) is 86.3 cm³/mol. The van der Waals surface area contributed by atoms with E-state index in [-0.39, 0.29) is 30.4 Å². The molecule has 2 amide bonds. The van der Waals surface area contributed by atoms with Gasteiger partial charge in [0.25, 0.3) is 0 Å². The minimum Gasteiger partial charge on any atom is -0.392 e. The van der Waals surface area contributed by atoms with E-state index in [0.717, 1.165) is 5.56 Å². The summed E-state index contributed by atoms with van der Waals surface area (Å²) < 4.78 is 0. The molecule has 0 fully saturated rings. The summed E-state index contributed by atoms with van der Waals surface area (Å²) in [6, 6.07) is 5.91. The molecule has 6 nitrogen and oxygen atoms in total. The molecular weight excluding hydrogens is 282 g/mol. The highest BCUT2D eigenvalue weighted by Crippen LogP contribution is 2.10. The van der Waals surface area contributed by atoms with Crippen LogP contribution in [0.4, 0.5) is 5.69 Å². The Balaban J connectivity index is 2.59. The van der Waals surface area contributed by atoms with Crippen molar-refractivity contribution in [3.63, 3.8) is 0 Å². The molecule has 0 radical (unpaired) electrons. The summed E-state index contributed by atoms with van der Waals surface area (Å²) in [5.74, 6) is -0.356. The lowest BCUT2D eigenvalue weighted by molar-refractivity contribution is -0.128. The van der Waals surface area contributed by atoms with E-state index < -0.39 is 6.04 Å². The van der Waals surface area contributed by atoms with E-state index in [0.29, 0.717) is 5.69 Å². The van der Waals surface area contributed by atoms with Crippen LogP contribution in [0.15, 0.2) is 24.3 Å². The molecule has 0 saturated carbocycles. The molecule has 0 aliphatic carbocycles. The predicted octanol–water partition coefficient (Wildman–Crippen LogP) is 0.866. The number of anilines is 1. The van der Waals surface area contributed by atoms with Gasteiger partial charge in [-0.3, -0.25) is 9.59 Å². The zero-order valence-corrected chi connectivity index (χ0v) is 13.5. The quantitative estimate of drug-likeness (QED) is 0.601. The molecule has 0 unspecified atom stereocenters. The van der Waals surface area contributed by atoms with E-state index in [1.54, 1.807) is 38.2 Å². The minimum absolute atomic E-state index is 0.0404. The number of hydrogen-bond acceptors (Lipinski definition) is 4. The first-order valence-corrected chi connectivity index (χ1v) is 7.37. The Kier molecular flexibility index (Phi) is 7.01. The van der Waals surface area contributed by atoms with Crippen LogP contribution in [-0.4, -0.2) is 36.1 Å². The van der Waals surface area contributed by atoms with Crippen molar-refractivity contribution in [3.8, 4) is 0 Å². The molecule has 0 aliphatic heterocycles. The molecule has 122 valence electrons. The fourth-order valence-electron chi connectivity index (χ4n) is 2.08. The number of amides is 2. The van der Waals surface area contributed by atoms with Crippen molar-refractivity contribution >= 4 is 17.5 Å². The lowest BCUT2D eigenvalue weighted by Crippen LogP contribution is -2.51. The van der Waals surface area contributed by atoms with Gasteiger partial charge >= 0.3 is 0 Å². The number of carbonyl (C=O) groups excluding carboxylic acids is 2. The Hall–Kier alpha value is -1.92. The summed E-state index contributed by atoms with van der Waals surface area (Å²) >= 11 is 0. The van der Waals surface area contributed by atoms with Crippen LogP contribution in [0.2, 0.25) is 0 Å². The van der Waals surface area contributed by atoms with E-state index in [2.05, 4.69) is 16.0 Å². The van der Waals surface area contributed by atoms with E-state index in [4.69, 9.17) is 5.11 Å². The van der Waals surface area contributed by atoms with Gasteiger partial charge in [-0.1, -0.05) is 26.0 Å². The standard InChI is InChI=1S/C16H25N3O3/c1-10(2)14(17-4)16(22)18-11(3)15(21)19-13-7-5-12(9-20)6-8-13/h5-8,10-11,14,17,20H,9H2,1-4H3,(H,18,22)(H,19,21)/t11-,14-/m0/s1. The van der Waals surface area contributed by atoms with Crippen LogP contribution in [-0.2, 0) is 16.2 Å². The number of aliphatic hydroxyl groups is 1. The van der Waals surface area contributed by atoms with Gasteiger partial charge in [0, 0.05) is 5.69 Å². The summed E-state index contributed by atoms with van der Waals surface area (Å²) in [7, 11) is 1.72. The van der Waals surface area contributed by atoms with Crippen LogP contribution in [0, 0.1) is 5.92 Å². The number of benzene rings is 1. The van der Waals surface area contributed by atoms with Gasteiger partial charge in [0.2, 0.25) is 11.8 Å². The zero-order valence-electron chi connectivity index (χ0n) is 13.5. The Morgan fingerprint density at radius 2 is 1.68 bits per heavy atom. The third-order valence-corrected chi connectivity index (χ3v) is 3.42. The Bertz CT molecular complexity index is 500. The molecule has 0 saturated heterocycles. The maximum atomic E-state index is 12.1. The summed E-state index contributed by atoms with van der Waals surface area (Å²) in [5, 5.41) is 17.3. The van der Waals surface area contributed by atoms with Gasteiger partial charge in [-0.25, -0.2) is 0 Å². The Labute approximate surface area is 131 Å². The molecule has 6 heteroatoms. The molecular formula is C16H25N3O3. The third-order valence-electron chi connectivity index (χ3n) is 3.42. The second-order valence-electron chi connectivity index (χ2n) is 5.58. The molecule has 0 spiro atoms. The molecule has 2 atom stereocenters. The summed E-state index contributed by atoms with van der Waals surface area (Å²) in [6.07, 6.45) is 0. The fraction of sp³-hybridized carbons (Fsp3) is 0.500. The molecule has 0 aromatic heterocycles. The second-order valence-corrected chi connectivity index (χ2v) is 5.58. The topological polar surface area (TPSA) is 90.5 Å². The van der Waals surface area contributed by atoms with Crippen LogP contribution < -0.4 is 16.0 Å². The smallest absolute Gasteiger partial charge is 0.246 e. The third kappa shape index (κ3) is 5.13. The average molecular weight is 307 g/mol. The Morgan fingerprint density at radius 3 is 2.14 bits per heavy atom. The first kappa shape index (κ1) is 18.1. The van der Waals surface area contributed by atoms with Crippen molar-refractivity contribution in [3.05, 3.63) is 29.8 Å². The van der Waals surface area contributed by atoms with Crippen LogP contribution in [0.25, 0.3) is 0 Å². The molecule has 1 aromatic carbocycles. The van der Waals surface area contributed by atoms with E-state index in [1.165, 1.54) is 0 Å². The van der Waals surface area contributed by atoms with Gasteiger partial charge in [-0.05, 0) is 37.6 Å². The van der Waals surface area contributed by atoms with Crippen molar-refractivity contribution in [1.82, 2.24) is 10.6 Å². The van der Waals surface area contributed by atoms with Crippen molar-refractivity contribution in [2.75, 3.05) is 12.4 Å². The van der Waals surface area contributed by atoms with E-state index in [1.807, 2.05) is 13.8 Å². The molecule has 22 heavy (non-hydrogen) atoms. The SMILES string of the molecule is CN[C@H](C(=O)N[C@@H](C)C(=O)Nc1ccc(CO)cc1)C(C)C. The van der Waals surface area contributed by atoms with Gasteiger partial charge in [-0.2, -0.15) is 0 Å². The molecule has 0 bridgehead atoms. The number of nitrogens with one attached hydrogen (secondary N) is 3. The van der Waals surface area contributed by atoms with E-state index >= 15 is 0 Å². The number of hydrogen-bond donors (Lipinski definition) is 4. The maximum Gasteiger partial charge on any atom is 0.246 e. The highest BCUT2D eigenvalue weighted by molar-refractivity contribution is 5.97. The van der Waals surface area contributed by atoms with Crippen LogP contribution in [0.3, 0.4) is 0 Å². The molecule has 1 rings (SSSR count). The molecule has 1 aromatic rings. The summed E-state index contributed by atoms with van der Waals surface area (Å²) in [6.45, 7) is 5.48. The highest BCUT2D eigenvalue weighted by atomic mass is 16.3. The molecule has 0 aliphatic rings. The molecule has 4 N–H and O–H groups in total. The number of carbonyl (C=O) groups is 2. The first-order valence-electron chi connectivity index (χ1n) is 7.37. The van der Waals surface area contributed by atoms with Crippen LogP contribution >= 0.6 is 0 Å². The van der Waals surface area contributed by atoms with Gasteiger partial charge in [0.1, 0.15) is 6.04 Å². The van der Waals surface area contributed by atoms with E-state index in [9.17, 15) is 9.59 Å². The number of aliphatic hydroxyl groups excluding tert-OH is 1. The normalized spacial score (nSPS) is 13.5. The summed E-state index contributed by atoms with van der Waals surface area (Å²) in [4.78, 5) is 24.2. The van der Waals surface area contributed by atoms with Crippen molar-refractivity contribution in [2.45, 2.75) is 39.5 Å². The molecule has 0 heterocycles. The maximum absolute atomic E-state index is 12.1. The van der Waals surface area contributed by atoms with Gasteiger partial charge in [0.05, 0.1) is 12.6 Å². The monoisotopic (exact) mass is 307 g/mol. The number of rotatable bonds is 7. The minimum atomic E-state index is -0.639. The highest BCUT2D eigenvalue weighted by Gasteiger charge is 2.23. The first-order chi connectivity index (χ1) is 10.4. The summed E-state index contributed by atoms with van der Waals surface area (Å²) in [5.41, 5.74) is 1.39. The second kappa shape index (κ2) is 8.51. The lowest BCUT2D eigenvalue weighted by Gasteiger charge is -2.22. The van der Waals surface area contributed by atoms with Gasteiger partial charge < -0.3 is 21.1 Å². The van der Waals surface area contributed by atoms with Crippen LogP contribution in [0.5, 0.6) is 0 Å². The number of likely N-dealkylation sites (N-methyl/N-ethyl adjacent to an activating group) is 1. The van der Waals surface area contributed by atoms with Crippen molar-refractivity contribution < 1.29 is 14.7 Å². The fourth-order valence-corrected chi connectivity index (χ4v) is 2.08. The Morgan fingerprint density at radius 1 is 1.09 bits per heavy atom. The van der Waals surface area contributed by atoms with Crippen molar-refractivity contribution in [1.29, 1.82) is 0 Å². The van der Waals surface area contributed by atoms with Crippen LogP contribution in [0.1, 0.15) is 26.3 Å². The van der Waals surface area contributed by atoms with Gasteiger partial charge in [0.15, 0.2) is 0 Å².